The molecule has 1 heterocycles. The van der Waals surface area contributed by atoms with E-state index in [1.54, 1.807) is 18.3 Å². The van der Waals surface area contributed by atoms with Crippen LogP contribution in [0.15, 0.2) is 29.2 Å². The Morgan fingerprint density at radius 1 is 1.44 bits per heavy atom. The Morgan fingerprint density at radius 3 is 2.89 bits per heavy atom. The summed E-state index contributed by atoms with van der Waals surface area (Å²) in [7, 11) is 0. The molecule has 1 aromatic rings. The van der Waals surface area contributed by atoms with Crippen LogP contribution in [0.1, 0.15) is 0 Å². The normalized spacial score (nSPS) is 11.9. The van der Waals surface area contributed by atoms with Gasteiger partial charge in [-0.15, -0.1) is 11.6 Å². The van der Waals surface area contributed by atoms with Crippen molar-refractivity contribution in [3.8, 4) is 0 Å². The van der Waals surface area contributed by atoms with Crippen molar-refractivity contribution in [2.45, 2.75) is 12.6 Å². The van der Waals surface area contributed by atoms with Crippen LogP contribution in [0.2, 0.25) is 0 Å². The fraction of sp³-hybridized carbons (Fsp3) is 0.455. The van der Waals surface area contributed by atoms with Crippen molar-refractivity contribution < 1.29 is 9.90 Å². The molecule has 6 nitrogen and oxygen atoms in total. The van der Waals surface area contributed by atoms with Crippen molar-refractivity contribution in [2.75, 3.05) is 19.0 Å². The minimum Gasteiger partial charge on any atom is -0.389 e. The topological polar surface area (TPSA) is 83.4 Å². The summed E-state index contributed by atoms with van der Waals surface area (Å²) in [4.78, 5) is 22.5. The van der Waals surface area contributed by atoms with Gasteiger partial charge in [-0.25, -0.2) is 4.79 Å². The third-order valence-electron chi connectivity index (χ3n) is 2.18. The number of hydrogen-bond acceptors (Lipinski definition) is 3. The number of amides is 2. The van der Waals surface area contributed by atoms with Crippen LogP contribution in [-0.2, 0) is 6.54 Å². The molecule has 3 N–H and O–H groups in total. The molecule has 0 aliphatic carbocycles. The Bertz CT molecular complexity index is 436. The van der Waals surface area contributed by atoms with Crippen LogP contribution in [0.4, 0.5) is 4.79 Å². The van der Waals surface area contributed by atoms with Crippen molar-refractivity contribution >= 4 is 17.6 Å². The molecule has 18 heavy (non-hydrogen) atoms. The van der Waals surface area contributed by atoms with Crippen LogP contribution >= 0.6 is 11.6 Å². The zero-order chi connectivity index (χ0) is 13.4. The first-order valence-corrected chi connectivity index (χ1v) is 6.08. The molecular weight excluding hydrogens is 258 g/mol. The number of urea groups is 1. The number of nitrogens with one attached hydrogen (secondary N) is 2. The van der Waals surface area contributed by atoms with E-state index in [4.69, 9.17) is 11.6 Å². The van der Waals surface area contributed by atoms with Gasteiger partial charge >= 0.3 is 6.03 Å². The first-order valence-electron chi connectivity index (χ1n) is 5.54. The molecule has 2 amide bonds. The molecule has 0 spiro atoms. The summed E-state index contributed by atoms with van der Waals surface area (Å²) in [6.07, 6.45) is 0.755. The molecule has 1 atom stereocenters. The summed E-state index contributed by atoms with van der Waals surface area (Å²) in [5, 5.41) is 14.7. The largest absolute Gasteiger partial charge is 0.389 e. The van der Waals surface area contributed by atoms with E-state index in [2.05, 4.69) is 10.6 Å². The van der Waals surface area contributed by atoms with E-state index in [-0.39, 0.29) is 18.6 Å². The van der Waals surface area contributed by atoms with Crippen LogP contribution in [0.25, 0.3) is 0 Å². The maximum Gasteiger partial charge on any atom is 0.314 e. The molecule has 100 valence electrons. The number of aromatic nitrogens is 1. The van der Waals surface area contributed by atoms with Gasteiger partial charge in [-0.2, -0.15) is 0 Å². The van der Waals surface area contributed by atoms with Crippen LogP contribution in [-0.4, -0.2) is 40.8 Å². The van der Waals surface area contributed by atoms with Crippen molar-refractivity contribution in [3.63, 3.8) is 0 Å². The molecular formula is C11H16ClN3O3. The summed E-state index contributed by atoms with van der Waals surface area (Å²) >= 11 is 5.40. The fourth-order valence-electron chi connectivity index (χ4n) is 1.34. The molecule has 0 radical (unpaired) electrons. The van der Waals surface area contributed by atoms with Crippen LogP contribution in [0.5, 0.6) is 0 Å². The van der Waals surface area contributed by atoms with Crippen molar-refractivity contribution in [3.05, 3.63) is 34.7 Å². The van der Waals surface area contributed by atoms with E-state index < -0.39 is 12.1 Å². The smallest absolute Gasteiger partial charge is 0.314 e. The van der Waals surface area contributed by atoms with E-state index in [1.807, 2.05) is 0 Å². The Kier molecular flexibility index (Phi) is 6.24. The standard InChI is InChI=1S/C11H16ClN3O3/c12-4-5-13-11(18)14-7-9(16)8-15-6-2-1-3-10(15)17/h1-3,6,9,16H,4-5,7-8H2,(H2,13,14,18). The maximum atomic E-state index is 11.4. The van der Waals surface area contributed by atoms with Crippen molar-refractivity contribution in [1.29, 1.82) is 0 Å². The number of aliphatic hydroxyl groups excluding tert-OH is 1. The maximum absolute atomic E-state index is 11.4. The molecule has 1 aromatic heterocycles. The lowest BCUT2D eigenvalue weighted by Crippen LogP contribution is -2.42. The average Bonchev–Trinajstić information content (AvgIpc) is 2.36. The first kappa shape index (κ1) is 14.5. The molecule has 1 rings (SSSR count). The predicted molar refractivity (Wildman–Crippen MR) is 68.8 cm³/mol. The second kappa shape index (κ2) is 7.73. The highest BCUT2D eigenvalue weighted by molar-refractivity contribution is 6.18. The molecule has 1 unspecified atom stereocenters. The Labute approximate surface area is 110 Å². The second-order valence-electron chi connectivity index (χ2n) is 3.67. The summed E-state index contributed by atoms with van der Waals surface area (Å²) in [5.41, 5.74) is -0.192. The van der Waals surface area contributed by atoms with E-state index in [9.17, 15) is 14.7 Å². The molecule has 0 aliphatic rings. The number of aliphatic hydroxyl groups is 1. The number of halogens is 1. The number of rotatable bonds is 6. The third kappa shape index (κ3) is 5.20. The molecule has 0 bridgehead atoms. The molecule has 7 heteroatoms. The minimum absolute atomic E-state index is 0.0649. The van der Waals surface area contributed by atoms with Gasteiger partial charge in [0, 0.05) is 31.2 Å². The molecule has 0 aliphatic heterocycles. The van der Waals surface area contributed by atoms with Crippen molar-refractivity contribution in [2.24, 2.45) is 0 Å². The minimum atomic E-state index is -0.827. The van der Waals surface area contributed by atoms with Gasteiger partial charge in [0.2, 0.25) is 0 Å². The van der Waals surface area contributed by atoms with Crippen LogP contribution in [0, 0.1) is 0 Å². The molecule has 0 aromatic carbocycles. The van der Waals surface area contributed by atoms with Gasteiger partial charge in [0.15, 0.2) is 0 Å². The van der Waals surface area contributed by atoms with Crippen LogP contribution in [0.3, 0.4) is 0 Å². The second-order valence-corrected chi connectivity index (χ2v) is 4.05. The zero-order valence-corrected chi connectivity index (χ0v) is 10.6. The Hall–Kier alpha value is -1.53. The molecule has 0 saturated carbocycles. The zero-order valence-electron chi connectivity index (χ0n) is 9.80. The summed E-state index contributed by atoms with van der Waals surface area (Å²) in [6, 6.07) is 4.35. The predicted octanol–water partition coefficient (Wildman–Crippen LogP) is -0.253. The SMILES string of the molecule is O=C(NCCCl)NCC(O)Cn1ccccc1=O. The number of hydrogen-bond donors (Lipinski definition) is 3. The molecule has 0 saturated heterocycles. The number of carbonyl (C=O) groups is 1. The lowest BCUT2D eigenvalue weighted by atomic mass is 10.3. The van der Waals surface area contributed by atoms with E-state index in [0.29, 0.717) is 12.4 Å². The summed E-state index contributed by atoms with van der Waals surface area (Å²) in [5.74, 6) is 0.329. The van der Waals surface area contributed by atoms with Gasteiger partial charge in [0.1, 0.15) is 0 Å². The van der Waals surface area contributed by atoms with E-state index in [0.717, 1.165) is 0 Å². The Morgan fingerprint density at radius 2 is 2.22 bits per heavy atom. The lowest BCUT2D eigenvalue weighted by molar-refractivity contribution is 0.150. The monoisotopic (exact) mass is 273 g/mol. The highest BCUT2D eigenvalue weighted by atomic mass is 35.5. The highest BCUT2D eigenvalue weighted by Gasteiger charge is 2.07. The first-order chi connectivity index (χ1) is 8.63. The Balaban J connectivity index is 2.34. The average molecular weight is 274 g/mol. The van der Waals surface area contributed by atoms with Gasteiger partial charge < -0.3 is 20.3 Å². The number of alkyl halides is 1. The highest BCUT2D eigenvalue weighted by Crippen LogP contribution is 1.88. The van der Waals surface area contributed by atoms with E-state index in [1.165, 1.54) is 10.6 Å². The van der Waals surface area contributed by atoms with Crippen molar-refractivity contribution in [1.82, 2.24) is 15.2 Å². The summed E-state index contributed by atoms with van der Waals surface area (Å²) in [6.45, 7) is 0.562. The quantitative estimate of drug-likeness (QED) is 0.625. The number of carbonyl (C=O) groups excluding carboxylic acids is 1. The van der Waals surface area contributed by atoms with Gasteiger partial charge in [-0.1, -0.05) is 6.07 Å². The van der Waals surface area contributed by atoms with E-state index >= 15 is 0 Å². The third-order valence-corrected chi connectivity index (χ3v) is 2.37. The number of pyridine rings is 1. The van der Waals surface area contributed by atoms with Gasteiger partial charge in [-0.05, 0) is 6.07 Å². The summed E-state index contributed by atoms with van der Waals surface area (Å²) < 4.78 is 1.38. The molecule has 0 fully saturated rings. The van der Waals surface area contributed by atoms with Crippen LogP contribution < -0.4 is 16.2 Å². The van der Waals surface area contributed by atoms with Gasteiger partial charge in [-0.3, -0.25) is 4.79 Å². The lowest BCUT2D eigenvalue weighted by Gasteiger charge is -2.13. The van der Waals surface area contributed by atoms with Gasteiger partial charge in [0.05, 0.1) is 12.6 Å². The fourth-order valence-corrected chi connectivity index (χ4v) is 1.43. The number of nitrogens with zero attached hydrogens (tertiary/aromatic N) is 1. The van der Waals surface area contributed by atoms with Gasteiger partial charge in [0.25, 0.3) is 5.56 Å².